The number of nitrogens with one attached hydrogen (secondary N) is 2. The fourth-order valence-corrected chi connectivity index (χ4v) is 2.93. The van der Waals surface area contributed by atoms with E-state index >= 15 is 0 Å². The lowest BCUT2D eigenvalue weighted by molar-refractivity contribution is -0.114. The fourth-order valence-electron chi connectivity index (χ4n) is 1.70. The molecule has 2 aromatic rings. The monoisotopic (exact) mass is 342 g/mol. The zero-order valence-corrected chi connectivity index (χ0v) is 13.0. The van der Waals surface area contributed by atoms with E-state index in [1.54, 1.807) is 0 Å². The van der Waals surface area contributed by atoms with Crippen molar-refractivity contribution in [2.45, 2.75) is 11.8 Å². The Morgan fingerprint density at radius 1 is 1.14 bits per heavy atom. The second kappa shape index (κ2) is 6.33. The number of sulfonamides is 1. The van der Waals surface area contributed by atoms with Crippen molar-refractivity contribution in [3.8, 4) is 0 Å². The first-order valence-corrected chi connectivity index (χ1v) is 7.99. The van der Waals surface area contributed by atoms with Crippen molar-refractivity contribution in [2.75, 3.05) is 10.0 Å². The quantitative estimate of drug-likeness (QED) is 0.895. The molecule has 0 atom stereocenters. The number of hydrogen-bond acceptors (Lipinski definition) is 3. The molecule has 0 aliphatic heterocycles. The van der Waals surface area contributed by atoms with E-state index in [1.807, 2.05) is 0 Å². The van der Waals surface area contributed by atoms with Crippen molar-refractivity contribution in [1.82, 2.24) is 0 Å². The Morgan fingerprint density at radius 3 is 2.36 bits per heavy atom. The van der Waals surface area contributed by atoms with Gasteiger partial charge in [-0.15, -0.1) is 0 Å². The summed E-state index contributed by atoms with van der Waals surface area (Å²) in [6.45, 7) is 1.34. The third-order valence-corrected chi connectivity index (χ3v) is 4.27. The standard InChI is InChI=1S/C14H12ClFN2O3S/c1-9(19)17-11-3-5-12(6-4-11)22(20,21)18-14-8-10(15)2-7-13(14)16/h2-8,18H,1H3,(H,17,19). The Kier molecular flexibility index (Phi) is 4.68. The number of rotatable bonds is 4. The van der Waals surface area contributed by atoms with Gasteiger partial charge in [0.15, 0.2) is 0 Å². The molecule has 0 unspecified atom stereocenters. The molecule has 0 aliphatic rings. The molecule has 0 spiro atoms. The highest BCUT2D eigenvalue weighted by Crippen LogP contribution is 2.23. The summed E-state index contributed by atoms with van der Waals surface area (Å²) < 4.78 is 40.1. The third-order valence-electron chi connectivity index (χ3n) is 2.66. The van der Waals surface area contributed by atoms with Gasteiger partial charge in [0.1, 0.15) is 5.82 Å². The topological polar surface area (TPSA) is 75.3 Å². The lowest BCUT2D eigenvalue weighted by atomic mass is 10.3. The minimum absolute atomic E-state index is 0.0685. The highest BCUT2D eigenvalue weighted by atomic mass is 35.5. The van der Waals surface area contributed by atoms with Crippen LogP contribution in [0.2, 0.25) is 5.02 Å². The summed E-state index contributed by atoms with van der Waals surface area (Å²) in [6, 6.07) is 9.04. The molecule has 22 heavy (non-hydrogen) atoms. The minimum atomic E-state index is -3.96. The highest BCUT2D eigenvalue weighted by Gasteiger charge is 2.16. The molecule has 116 valence electrons. The Labute approximate surface area is 132 Å². The Balaban J connectivity index is 2.26. The molecule has 0 bridgehead atoms. The van der Waals surface area contributed by atoms with E-state index in [0.717, 1.165) is 6.07 Å². The molecule has 0 heterocycles. The van der Waals surface area contributed by atoms with Crippen molar-refractivity contribution in [3.63, 3.8) is 0 Å². The van der Waals surface area contributed by atoms with E-state index in [1.165, 1.54) is 43.3 Å². The average molecular weight is 343 g/mol. The van der Waals surface area contributed by atoms with Gasteiger partial charge in [-0.3, -0.25) is 9.52 Å². The molecule has 0 radical (unpaired) electrons. The van der Waals surface area contributed by atoms with Gasteiger partial charge in [0.25, 0.3) is 10.0 Å². The maximum atomic E-state index is 13.6. The summed E-state index contributed by atoms with van der Waals surface area (Å²) in [7, 11) is -3.96. The molecule has 0 fully saturated rings. The first kappa shape index (κ1) is 16.3. The largest absolute Gasteiger partial charge is 0.326 e. The second-order valence-corrected chi connectivity index (χ2v) is 6.55. The van der Waals surface area contributed by atoms with Gasteiger partial charge in [0, 0.05) is 17.6 Å². The van der Waals surface area contributed by atoms with Crippen LogP contribution >= 0.6 is 11.6 Å². The van der Waals surface area contributed by atoms with Crippen LogP contribution < -0.4 is 10.0 Å². The van der Waals surface area contributed by atoms with Gasteiger partial charge >= 0.3 is 0 Å². The Morgan fingerprint density at radius 2 is 1.77 bits per heavy atom. The zero-order chi connectivity index (χ0) is 16.3. The summed E-state index contributed by atoms with van der Waals surface area (Å²) in [5, 5.41) is 2.73. The predicted molar refractivity (Wildman–Crippen MR) is 83.0 cm³/mol. The van der Waals surface area contributed by atoms with E-state index in [4.69, 9.17) is 11.6 Å². The van der Waals surface area contributed by atoms with E-state index in [0.29, 0.717) is 5.69 Å². The van der Waals surface area contributed by atoms with Crippen LogP contribution in [0.5, 0.6) is 0 Å². The van der Waals surface area contributed by atoms with Gasteiger partial charge in [0.2, 0.25) is 5.91 Å². The Bertz CT molecular complexity index is 807. The third kappa shape index (κ3) is 3.96. The molecular formula is C14H12ClFN2O3S. The molecule has 0 aliphatic carbocycles. The maximum Gasteiger partial charge on any atom is 0.261 e. The van der Waals surface area contributed by atoms with E-state index in [2.05, 4.69) is 10.0 Å². The normalized spacial score (nSPS) is 11.0. The van der Waals surface area contributed by atoms with Crippen LogP contribution in [0.15, 0.2) is 47.4 Å². The van der Waals surface area contributed by atoms with Gasteiger partial charge in [-0.25, -0.2) is 12.8 Å². The highest BCUT2D eigenvalue weighted by molar-refractivity contribution is 7.92. The van der Waals surface area contributed by atoms with E-state index in [9.17, 15) is 17.6 Å². The van der Waals surface area contributed by atoms with Gasteiger partial charge in [0.05, 0.1) is 10.6 Å². The number of carbonyl (C=O) groups is 1. The minimum Gasteiger partial charge on any atom is -0.326 e. The van der Waals surface area contributed by atoms with Crippen molar-refractivity contribution in [3.05, 3.63) is 53.3 Å². The molecule has 2 rings (SSSR count). The van der Waals surface area contributed by atoms with Gasteiger partial charge in [-0.05, 0) is 42.5 Å². The van der Waals surface area contributed by atoms with Gasteiger partial charge in [-0.1, -0.05) is 11.6 Å². The molecule has 2 N–H and O–H groups in total. The summed E-state index contributed by atoms with van der Waals surface area (Å²) in [5.41, 5.74) is 0.221. The van der Waals surface area contributed by atoms with Crippen LogP contribution in [0.3, 0.4) is 0 Å². The second-order valence-electron chi connectivity index (χ2n) is 4.44. The average Bonchev–Trinajstić information content (AvgIpc) is 2.42. The van der Waals surface area contributed by atoms with Crippen LogP contribution in [0.25, 0.3) is 0 Å². The van der Waals surface area contributed by atoms with Crippen molar-refractivity contribution in [2.24, 2.45) is 0 Å². The first-order chi connectivity index (χ1) is 10.3. The zero-order valence-electron chi connectivity index (χ0n) is 11.4. The lowest BCUT2D eigenvalue weighted by Crippen LogP contribution is -2.14. The van der Waals surface area contributed by atoms with Crippen molar-refractivity contribution < 1.29 is 17.6 Å². The molecule has 5 nitrogen and oxygen atoms in total. The summed E-state index contributed by atoms with van der Waals surface area (Å²) in [4.78, 5) is 10.8. The Hall–Kier alpha value is -2.12. The van der Waals surface area contributed by atoms with Crippen molar-refractivity contribution in [1.29, 1.82) is 0 Å². The molecular weight excluding hydrogens is 331 g/mol. The number of hydrogen-bond donors (Lipinski definition) is 2. The number of anilines is 2. The van der Waals surface area contributed by atoms with Crippen molar-refractivity contribution >= 4 is 38.9 Å². The smallest absolute Gasteiger partial charge is 0.261 e. The number of halogens is 2. The molecule has 0 saturated heterocycles. The molecule has 0 aromatic heterocycles. The van der Waals surface area contributed by atoms with E-state index in [-0.39, 0.29) is 21.5 Å². The van der Waals surface area contributed by atoms with Crippen LogP contribution in [0.4, 0.5) is 15.8 Å². The summed E-state index contributed by atoms with van der Waals surface area (Å²) in [6.07, 6.45) is 0. The SMILES string of the molecule is CC(=O)Nc1ccc(S(=O)(=O)Nc2cc(Cl)ccc2F)cc1. The summed E-state index contributed by atoms with van der Waals surface area (Å²) >= 11 is 5.72. The number of amides is 1. The predicted octanol–water partition coefficient (Wildman–Crippen LogP) is 3.24. The molecule has 1 amide bonds. The van der Waals surface area contributed by atoms with Crippen LogP contribution in [-0.4, -0.2) is 14.3 Å². The fraction of sp³-hybridized carbons (Fsp3) is 0.0714. The first-order valence-electron chi connectivity index (χ1n) is 6.13. The molecule has 0 saturated carbocycles. The lowest BCUT2D eigenvalue weighted by Gasteiger charge is -2.10. The molecule has 2 aromatic carbocycles. The molecule has 8 heteroatoms. The van der Waals surface area contributed by atoms with Gasteiger partial charge in [-0.2, -0.15) is 0 Å². The van der Waals surface area contributed by atoms with Crippen LogP contribution in [0, 0.1) is 5.82 Å². The van der Waals surface area contributed by atoms with E-state index < -0.39 is 15.8 Å². The number of benzene rings is 2. The number of carbonyl (C=O) groups excluding carboxylic acids is 1. The van der Waals surface area contributed by atoms with Crippen LogP contribution in [-0.2, 0) is 14.8 Å². The van der Waals surface area contributed by atoms with Crippen LogP contribution in [0.1, 0.15) is 6.92 Å². The maximum absolute atomic E-state index is 13.6. The summed E-state index contributed by atoms with van der Waals surface area (Å²) in [5.74, 6) is -1.00. The van der Waals surface area contributed by atoms with Gasteiger partial charge < -0.3 is 5.32 Å².